The molecule has 0 radical (unpaired) electrons. The lowest BCUT2D eigenvalue weighted by atomic mass is 9.63. The molecule has 1 unspecified atom stereocenters. The minimum Gasteiger partial charge on any atom is -0.361 e. The number of rotatable bonds is 2. The van der Waals surface area contributed by atoms with E-state index >= 15 is 0 Å². The van der Waals surface area contributed by atoms with Gasteiger partial charge in [0, 0.05) is 55.1 Å². The van der Waals surface area contributed by atoms with Crippen molar-refractivity contribution in [1.82, 2.24) is 9.97 Å². The normalized spacial score (nSPS) is 25.7. The van der Waals surface area contributed by atoms with Crippen molar-refractivity contribution in [1.29, 1.82) is 0 Å². The van der Waals surface area contributed by atoms with Gasteiger partial charge in [-0.15, -0.1) is 0 Å². The smallest absolute Gasteiger partial charge is 0.0460 e. The summed E-state index contributed by atoms with van der Waals surface area (Å²) in [5, 5.41) is 4.06. The Hall–Kier alpha value is -2.16. The number of aromatic nitrogens is 2. The summed E-state index contributed by atoms with van der Waals surface area (Å²) in [5.41, 5.74) is 6.44. The van der Waals surface area contributed by atoms with Gasteiger partial charge in [0.1, 0.15) is 0 Å². The molecular formula is C24H20Cl2N2. The molecule has 2 heterocycles. The molecule has 2 nitrogen and oxygen atoms in total. The number of benzene rings is 2. The summed E-state index contributed by atoms with van der Waals surface area (Å²) < 4.78 is 0. The summed E-state index contributed by atoms with van der Waals surface area (Å²) >= 11 is 12.7. The molecule has 2 aromatic heterocycles. The van der Waals surface area contributed by atoms with Crippen LogP contribution >= 0.6 is 23.2 Å². The molecule has 3 atom stereocenters. The first kappa shape index (κ1) is 16.8. The molecule has 0 amide bonds. The van der Waals surface area contributed by atoms with E-state index in [-0.39, 0.29) is 5.41 Å². The van der Waals surface area contributed by atoms with Crippen LogP contribution in [0.5, 0.6) is 0 Å². The van der Waals surface area contributed by atoms with Gasteiger partial charge in [-0.2, -0.15) is 0 Å². The second-order valence-electron chi connectivity index (χ2n) is 8.54. The van der Waals surface area contributed by atoms with E-state index in [1.54, 1.807) is 0 Å². The maximum absolute atomic E-state index is 6.39. The van der Waals surface area contributed by atoms with Crippen LogP contribution in [0.15, 0.2) is 54.7 Å². The topological polar surface area (TPSA) is 31.6 Å². The molecule has 0 aliphatic heterocycles. The van der Waals surface area contributed by atoms with Gasteiger partial charge in [-0.25, -0.2) is 0 Å². The fourth-order valence-corrected chi connectivity index (χ4v) is 5.91. The average Bonchev–Trinajstić information content (AvgIpc) is 3.37. The molecule has 2 aromatic carbocycles. The Morgan fingerprint density at radius 2 is 1.75 bits per heavy atom. The van der Waals surface area contributed by atoms with E-state index in [0.717, 1.165) is 22.0 Å². The first-order chi connectivity index (χ1) is 13.5. The lowest BCUT2D eigenvalue weighted by Crippen LogP contribution is -2.36. The van der Waals surface area contributed by atoms with Gasteiger partial charge in [-0.05, 0) is 66.3 Å². The molecular weight excluding hydrogens is 387 g/mol. The van der Waals surface area contributed by atoms with E-state index in [1.807, 2.05) is 12.1 Å². The lowest BCUT2D eigenvalue weighted by Gasteiger charge is -2.40. The Labute approximate surface area is 173 Å². The molecule has 28 heavy (non-hydrogen) atoms. The second-order valence-corrected chi connectivity index (χ2v) is 9.41. The lowest BCUT2D eigenvalue weighted by molar-refractivity contribution is 0.312. The molecule has 4 aromatic rings. The largest absolute Gasteiger partial charge is 0.361 e. The molecule has 2 aliphatic carbocycles. The number of hydrogen-bond donors (Lipinski definition) is 2. The van der Waals surface area contributed by atoms with Crippen molar-refractivity contribution in [3.63, 3.8) is 0 Å². The van der Waals surface area contributed by atoms with E-state index in [4.69, 9.17) is 23.2 Å². The highest BCUT2D eigenvalue weighted by Gasteiger charge is 2.47. The van der Waals surface area contributed by atoms with Crippen molar-refractivity contribution < 1.29 is 0 Å². The summed E-state index contributed by atoms with van der Waals surface area (Å²) in [6, 6.07) is 12.3. The van der Waals surface area contributed by atoms with Crippen LogP contribution in [0.2, 0.25) is 10.0 Å². The molecule has 2 aliphatic rings. The third-order valence-corrected chi connectivity index (χ3v) is 7.39. The van der Waals surface area contributed by atoms with Gasteiger partial charge in [-0.3, -0.25) is 0 Å². The Kier molecular flexibility index (Phi) is 3.40. The quantitative estimate of drug-likeness (QED) is 0.331. The molecule has 0 saturated carbocycles. The number of aromatic amines is 2. The van der Waals surface area contributed by atoms with Crippen molar-refractivity contribution >= 4 is 45.0 Å². The van der Waals surface area contributed by atoms with Crippen molar-refractivity contribution in [2.24, 2.45) is 5.92 Å². The van der Waals surface area contributed by atoms with Gasteiger partial charge in [0.25, 0.3) is 0 Å². The zero-order valence-corrected chi connectivity index (χ0v) is 17.0. The van der Waals surface area contributed by atoms with Crippen LogP contribution in [0.3, 0.4) is 0 Å². The van der Waals surface area contributed by atoms with Crippen molar-refractivity contribution in [3.05, 3.63) is 81.6 Å². The van der Waals surface area contributed by atoms with Crippen molar-refractivity contribution in [2.45, 2.75) is 31.1 Å². The van der Waals surface area contributed by atoms with Crippen molar-refractivity contribution in [3.8, 4) is 0 Å². The van der Waals surface area contributed by atoms with Crippen LogP contribution in [0.25, 0.3) is 21.8 Å². The molecule has 0 saturated heterocycles. The van der Waals surface area contributed by atoms with Crippen LogP contribution in [-0.2, 0) is 11.8 Å². The molecule has 4 heteroatoms. The standard InChI is InChI=1S/C24H20Cl2N2/c1-24(11-14-12-27-20-6-4-16(25)9-18(14)20)15-3-2-13(8-15)23-22(24)19-10-17(26)5-7-21(19)28-23/h2-7,9-10,12-13,15,27-28H,8,11H2,1H3/t13-,15?,24-/m0/s1. The monoisotopic (exact) mass is 406 g/mol. The Balaban J connectivity index is 1.58. The number of nitrogens with one attached hydrogen (secondary N) is 2. The summed E-state index contributed by atoms with van der Waals surface area (Å²) in [6.45, 7) is 2.42. The SMILES string of the molecule is C[C@@]1(Cc2c[nH]c3ccc(Cl)cc23)c2c([nH]c3ccc(Cl)cc23)[C@H]2C=CC1C2. The van der Waals surface area contributed by atoms with Gasteiger partial charge in [0.15, 0.2) is 0 Å². The fraction of sp³-hybridized carbons (Fsp3) is 0.250. The molecule has 0 fully saturated rings. The predicted molar refractivity (Wildman–Crippen MR) is 118 cm³/mol. The van der Waals surface area contributed by atoms with Crippen LogP contribution in [0.4, 0.5) is 0 Å². The van der Waals surface area contributed by atoms with Crippen LogP contribution in [0.1, 0.15) is 36.1 Å². The van der Waals surface area contributed by atoms with Gasteiger partial charge < -0.3 is 9.97 Å². The number of halogens is 2. The molecule has 6 rings (SSSR count). The van der Waals surface area contributed by atoms with E-state index in [2.05, 4.69) is 59.5 Å². The van der Waals surface area contributed by atoms with Crippen molar-refractivity contribution in [2.75, 3.05) is 0 Å². The first-order valence-electron chi connectivity index (χ1n) is 9.78. The summed E-state index contributed by atoms with van der Waals surface area (Å²) in [7, 11) is 0. The van der Waals surface area contributed by atoms with Gasteiger partial charge in [0.2, 0.25) is 0 Å². The van der Waals surface area contributed by atoms with E-state index in [1.165, 1.54) is 39.5 Å². The van der Waals surface area contributed by atoms with Crippen LogP contribution in [0, 0.1) is 5.92 Å². The third-order valence-electron chi connectivity index (χ3n) is 6.92. The first-order valence-corrected chi connectivity index (χ1v) is 10.5. The number of H-pyrrole nitrogens is 2. The molecule has 2 bridgehead atoms. The van der Waals surface area contributed by atoms with Gasteiger partial charge >= 0.3 is 0 Å². The fourth-order valence-electron chi connectivity index (χ4n) is 5.56. The molecule has 0 spiro atoms. The van der Waals surface area contributed by atoms with Crippen LogP contribution in [-0.4, -0.2) is 9.97 Å². The highest BCUT2D eigenvalue weighted by molar-refractivity contribution is 6.31. The Morgan fingerprint density at radius 1 is 1.00 bits per heavy atom. The zero-order chi connectivity index (χ0) is 19.0. The number of allylic oxidation sites excluding steroid dienone is 2. The average molecular weight is 407 g/mol. The van der Waals surface area contributed by atoms with Crippen LogP contribution < -0.4 is 0 Å². The number of hydrogen-bond acceptors (Lipinski definition) is 0. The minimum absolute atomic E-state index is 0.000787. The van der Waals surface area contributed by atoms with E-state index in [0.29, 0.717) is 11.8 Å². The maximum atomic E-state index is 6.39. The second kappa shape index (κ2) is 5.68. The van der Waals surface area contributed by atoms with E-state index in [9.17, 15) is 0 Å². The third kappa shape index (κ3) is 2.22. The Bertz CT molecular complexity index is 1280. The summed E-state index contributed by atoms with van der Waals surface area (Å²) in [4.78, 5) is 7.14. The highest BCUT2D eigenvalue weighted by Crippen LogP contribution is 2.55. The molecule has 2 N–H and O–H groups in total. The zero-order valence-electron chi connectivity index (χ0n) is 15.5. The summed E-state index contributed by atoms with van der Waals surface area (Å²) in [6.07, 6.45) is 9.10. The minimum atomic E-state index is -0.000787. The number of fused-ring (bicyclic) bond motifs is 7. The highest BCUT2D eigenvalue weighted by atomic mass is 35.5. The van der Waals surface area contributed by atoms with Gasteiger partial charge in [0.05, 0.1) is 0 Å². The molecule has 140 valence electrons. The van der Waals surface area contributed by atoms with E-state index < -0.39 is 0 Å². The predicted octanol–water partition coefficient (Wildman–Crippen LogP) is 7.13. The Morgan fingerprint density at radius 3 is 2.57 bits per heavy atom. The van der Waals surface area contributed by atoms with Gasteiger partial charge in [-0.1, -0.05) is 42.3 Å². The maximum Gasteiger partial charge on any atom is 0.0460 e. The summed E-state index contributed by atoms with van der Waals surface area (Å²) in [5.74, 6) is 1.00.